The number of fused-ring (bicyclic) bond motifs is 1. The second-order valence-corrected chi connectivity index (χ2v) is 5.90. The van der Waals surface area contributed by atoms with Gasteiger partial charge in [-0.25, -0.2) is 0 Å². The Morgan fingerprint density at radius 2 is 1.83 bits per heavy atom. The largest absolute Gasteiger partial charge is 0.346 e. The number of hydrogen-bond acceptors (Lipinski definition) is 3. The van der Waals surface area contributed by atoms with E-state index in [-0.39, 0.29) is 17.5 Å². The van der Waals surface area contributed by atoms with Gasteiger partial charge in [-0.15, -0.1) is 0 Å². The highest BCUT2D eigenvalue weighted by Gasteiger charge is 2.15. The molecule has 0 unspecified atom stereocenters. The van der Waals surface area contributed by atoms with Gasteiger partial charge in [-0.1, -0.05) is 24.3 Å². The minimum absolute atomic E-state index is 0.0237. The number of carbonyl (C=O) groups excluding carboxylic acids is 1. The number of rotatable bonds is 4. The summed E-state index contributed by atoms with van der Waals surface area (Å²) in [7, 11) is 0. The highest BCUT2D eigenvalue weighted by Crippen LogP contribution is 2.17. The highest BCUT2D eigenvalue weighted by atomic mass is 16.2. The minimum Gasteiger partial charge on any atom is -0.346 e. The molecule has 1 amide bonds. The van der Waals surface area contributed by atoms with Crippen molar-refractivity contribution in [2.75, 3.05) is 0 Å². The lowest BCUT2D eigenvalue weighted by Gasteiger charge is -2.15. The van der Waals surface area contributed by atoms with Gasteiger partial charge in [0, 0.05) is 29.2 Å². The van der Waals surface area contributed by atoms with Gasteiger partial charge in [-0.2, -0.15) is 0 Å². The lowest BCUT2D eigenvalue weighted by atomic mass is 10.1. The van der Waals surface area contributed by atoms with Crippen molar-refractivity contribution >= 4 is 16.7 Å². The third kappa shape index (κ3) is 3.06. The molecule has 0 fully saturated rings. The van der Waals surface area contributed by atoms with Crippen LogP contribution in [0, 0.1) is 0 Å². The van der Waals surface area contributed by atoms with Crippen molar-refractivity contribution in [3.05, 3.63) is 76.5 Å². The van der Waals surface area contributed by atoms with Crippen LogP contribution in [0.15, 0.2) is 59.7 Å². The summed E-state index contributed by atoms with van der Waals surface area (Å²) in [4.78, 5) is 29.4. The molecule has 0 atom stereocenters. The number of amides is 1. The molecule has 5 nitrogen and oxygen atoms in total. The number of aromatic nitrogens is 2. The molecule has 3 rings (SSSR count). The van der Waals surface area contributed by atoms with Gasteiger partial charge < -0.3 is 9.88 Å². The Labute approximate surface area is 140 Å². The van der Waals surface area contributed by atoms with E-state index in [9.17, 15) is 9.59 Å². The zero-order valence-corrected chi connectivity index (χ0v) is 13.7. The van der Waals surface area contributed by atoms with E-state index in [2.05, 4.69) is 10.3 Å². The first-order valence-corrected chi connectivity index (χ1v) is 7.90. The van der Waals surface area contributed by atoms with Crippen LogP contribution in [0.2, 0.25) is 0 Å². The molecule has 5 heteroatoms. The van der Waals surface area contributed by atoms with Gasteiger partial charge >= 0.3 is 0 Å². The molecule has 122 valence electrons. The molecule has 0 aliphatic rings. The molecular formula is C19H19N3O2. The third-order valence-electron chi connectivity index (χ3n) is 3.91. The van der Waals surface area contributed by atoms with Gasteiger partial charge in [0.1, 0.15) is 0 Å². The summed E-state index contributed by atoms with van der Waals surface area (Å²) in [5, 5.41) is 4.09. The maximum Gasteiger partial charge on any atom is 0.258 e. The Balaban J connectivity index is 2.00. The number of pyridine rings is 2. The van der Waals surface area contributed by atoms with Crippen LogP contribution >= 0.6 is 0 Å². The molecule has 0 aliphatic carbocycles. The lowest BCUT2D eigenvalue weighted by Crippen LogP contribution is -2.28. The van der Waals surface area contributed by atoms with Crippen molar-refractivity contribution in [2.24, 2.45) is 0 Å². The Morgan fingerprint density at radius 3 is 2.50 bits per heavy atom. The first kappa shape index (κ1) is 15.9. The zero-order chi connectivity index (χ0) is 17.1. The van der Waals surface area contributed by atoms with Crippen molar-refractivity contribution in [1.82, 2.24) is 14.9 Å². The number of benzene rings is 1. The maximum atomic E-state index is 12.7. The van der Waals surface area contributed by atoms with E-state index in [0.29, 0.717) is 22.9 Å². The van der Waals surface area contributed by atoms with E-state index in [1.807, 2.05) is 44.2 Å². The molecule has 0 saturated carbocycles. The smallest absolute Gasteiger partial charge is 0.258 e. The van der Waals surface area contributed by atoms with Crippen molar-refractivity contribution in [2.45, 2.75) is 26.4 Å². The third-order valence-corrected chi connectivity index (χ3v) is 3.91. The molecular weight excluding hydrogens is 302 g/mol. The number of carbonyl (C=O) groups is 1. The van der Waals surface area contributed by atoms with E-state index in [4.69, 9.17) is 0 Å². The van der Waals surface area contributed by atoms with E-state index in [1.54, 1.807) is 29.1 Å². The highest BCUT2D eigenvalue weighted by molar-refractivity contribution is 6.06. The van der Waals surface area contributed by atoms with Gasteiger partial charge in [0.05, 0.1) is 17.8 Å². The lowest BCUT2D eigenvalue weighted by molar-refractivity contribution is 0.0951. The average molecular weight is 321 g/mol. The molecule has 0 aliphatic heterocycles. The second-order valence-electron chi connectivity index (χ2n) is 5.90. The maximum absolute atomic E-state index is 12.7. The molecule has 0 bridgehead atoms. The number of nitrogens with one attached hydrogen (secondary N) is 1. The van der Waals surface area contributed by atoms with Crippen molar-refractivity contribution < 1.29 is 4.79 Å². The van der Waals surface area contributed by atoms with Gasteiger partial charge in [-0.3, -0.25) is 14.6 Å². The summed E-state index contributed by atoms with van der Waals surface area (Å²) >= 11 is 0. The fraction of sp³-hybridized carbons (Fsp3) is 0.211. The number of hydrogen-bond donors (Lipinski definition) is 1. The Morgan fingerprint density at radius 1 is 1.12 bits per heavy atom. The van der Waals surface area contributed by atoms with Crippen molar-refractivity contribution in [1.29, 1.82) is 0 Å². The molecule has 2 aromatic heterocycles. The Hall–Kier alpha value is -2.95. The summed E-state index contributed by atoms with van der Waals surface area (Å²) in [6, 6.07) is 12.7. The normalized spacial score (nSPS) is 11.0. The summed E-state index contributed by atoms with van der Waals surface area (Å²) in [5.41, 5.74) is 1.20. The van der Waals surface area contributed by atoms with Crippen molar-refractivity contribution in [3.8, 4) is 0 Å². The minimum atomic E-state index is -0.216. The molecule has 2 heterocycles. The van der Waals surface area contributed by atoms with Crippen LogP contribution < -0.4 is 10.9 Å². The molecule has 3 aromatic rings. The van der Waals surface area contributed by atoms with Gasteiger partial charge in [0.15, 0.2) is 0 Å². The Kier molecular flexibility index (Phi) is 4.42. The Bertz CT molecular complexity index is 930. The molecule has 0 radical (unpaired) electrons. The fourth-order valence-electron chi connectivity index (χ4n) is 2.64. The molecule has 1 N–H and O–H groups in total. The first-order valence-electron chi connectivity index (χ1n) is 7.90. The summed E-state index contributed by atoms with van der Waals surface area (Å²) < 4.78 is 1.60. The summed E-state index contributed by atoms with van der Waals surface area (Å²) in [6.45, 7) is 4.19. The topological polar surface area (TPSA) is 64.0 Å². The van der Waals surface area contributed by atoms with Crippen LogP contribution in [0.5, 0.6) is 0 Å². The molecule has 24 heavy (non-hydrogen) atoms. The monoisotopic (exact) mass is 321 g/mol. The summed E-state index contributed by atoms with van der Waals surface area (Å²) in [6.07, 6.45) is 3.33. The quantitative estimate of drug-likeness (QED) is 0.803. The van der Waals surface area contributed by atoms with Crippen molar-refractivity contribution in [3.63, 3.8) is 0 Å². The van der Waals surface area contributed by atoms with Crippen LogP contribution in [-0.4, -0.2) is 15.5 Å². The van der Waals surface area contributed by atoms with E-state index in [1.165, 1.54) is 0 Å². The van der Waals surface area contributed by atoms with Crippen LogP contribution in [-0.2, 0) is 6.54 Å². The molecule has 1 aromatic carbocycles. The van der Waals surface area contributed by atoms with Crippen LogP contribution in [0.4, 0.5) is 0 Å². The molecule has 0 spiro atoms. The predicted octanol–water partition coefficient (Wildman–Crippen LogP) is 2.91. The van der Waals surface area contributed by atoms with E-state index in [0.717, 1.165) is 5.69 Å². The second kappa shape index (κ2) is 6.66. The van der Waals surface area contributed by atoms with E-state index < -0.39 is 0 Å². The molecule has 0 saturated heterocycles. The SMILES string of the molecule is CC(C)n1cc(C(=O)NCc2ccccn2)c2ccccc2c1=O. The van der Waals surface area contributed by atoms with E-state index >= 15 is 0 Å². The predicted molar refractivity (Wildman–Crippen MR) is 94.0 cm³/mol. The van der Waals surface area contributed by atoms with Crippen LogP contribution in [0.1, 0.15) is 35.9 Å². The first-order chi connectivity index (χ1) is 11.6. The van der Waals surface area contributed by atoms with Crippen LogP contribution in [0.3, 0.4) is 0 Å². The van der Waals surface area contributed by atoms with Gasteiger partial charge in [0.25, 0.3) is 11.5 Å². The standard InChI is InChI=1S/C19H19N3O2/c1-13(2)22-12-17(15-8-3-4-9-16(15)19(22)24)18(23)21-11-14-7-5-6-10-20-14/h3-10,12-13H,11H2,1-2H3,(H,21,23). The number of nitrogens with zero attached hydrogens (tertiary/aromatic N) is 2. The average Bonchev–Trinajstić information content (AvgIpc) is 2.61. The van der Waals surface area contributed by atoms with Gasteiger partial charge in [-0.05, 0) is 32.0 Å². The zero-order valence-electron chi connectivity index (χ0n) is 13.7. The van der Waals surface area contributed by atoms with Gasteiger partial charge in [0.2, 0.25) is 0 Å². The van der Waals surface area contributed by atoms with Crippen LogP contribution in [0.25, 0.3) is 10.8 Å². The fourth-order valence-corrected chi connectivity index (χ4v) is 2.64. The summed E-state index contributed by atoms with van der Waals surface area (Å²) in [5.74, 6) is -0.216.